The van der Waals surface area contributed by atoms with E-state index in [0.29, 0.717) is 11.4 Å². The minimum Gasteiger partial charge on any atom is -0.326 e. The quantitative estimate of drug-likeness (QED) is 0.200. The van der Waals surface area contributed by atoms with E-state index < -0.39 is 11.8 Å². The van der Waals surface area contributed by atoms with Crippen molar-refractivity contribution >= 4 is 56.9 Å². The average Bonchev–Trinajstić information content (AvgIpc) is 2.79. The van der Waals surface area contributed by atoms with Crippen molar-refractivity contribution in [1.82, 2.24) is 5.43 Å². The van der Waals surface area contributed by atoms with Crippen molar-refractivity contribution in [2.45, 2.75) is 6.92 Å². The largest absolute Gasteiger partial charge is 0.329 e. The number of fused-ring (bicyclic) bond motifs is 2. The van der Waals surface area contributed by atoms with Crippen molar-refractivity contribution in [1.29, 1.82) is 0 Å². The molecule has 4 aromatic carbocycles. The minimum atomic E-state index is -0.892. The van der Waals surface area contributed by atoms with Crippen LogP contribution in [-0.4, -0.2) is 23.9 Å². The second-order valence-corrected chi connectivity index (χ2v) is 7.14. The number of hydrazone groups is 1. The summed E-state index contributed by atoms with van der Waals surface area (Å²) in [6.07, 6.45) is 1.55. The molecule has 7 heteroatoms. The topological polar surface area (TPSA) is 99.7 Å². The zero-order chi connectivity index (χ0) is 22.5. The number of anilines is 2. The molecular weight excluding hydrogens is 404 g/mol. The van der Waals surface area contributed by atoms with E-state index in [0.717, 1.165) is 27.1 Å². The number of carbonyl (C=O) groups excluding carboxylic acids is 3. The summed E-state index contributed by atoms with van der Waals surface area (Å²) < 4.78 is 0. The molecule has 0 saturated heterocycles. The summed E-state index contributed by atoms with van der Waals surface area (Å²) in [5.41, 5.74) is 4.14. The Morgan fingerprint density at radius 1 is 0.719 bits per heavy atom. The third-order valence-electron chi connectivity index (χ3n) is 4.84. The van der Waals surface area contributed by atoms with Crippen LogP contribution in [-0.2, 0) is 14.4 Å². The molecule has 7 nitrogen and oxygen atoms in total. The smallest absolute Gasteiger partial charge is 0.326 e. The first kappa shape index (κ1) is 20.7. The molecule has 0 unspecified atom stereocenters. The molecule has 0 spiro atoms. The molecule has 0 heterocycles. The summed E-state index contributed by atoms with van der Waals surface area (Å²) in [4.78, 5) is 35.4. The zero-order valence-corrected chi connectivity index (χ0v) is 17.3. The number of nitrogens with one attached hydrogen (secondary N) is 3. The van der Waals surface area contributed by atoms with Crippen LogP contribution in [0.3, 0.4) is 0 Å². The molecule has 0 aliphatic carbocycles. The lowest BCUT2D eigenvalue weighted by Crippen LogP contribution is -2.32. The molecule has 0 atom stereocenters. The third kappa shape index (κ3) is 4.62. The summed E-state index contributed by atoms with van der Waals surface area (Å²) in [7, 11) is 0. The Morgan fingerprint density at radius 2 is 1.25 bits per heavy atom. The van der Waals surface area contributed by atoms with E-state index in [4.69, 9.17) is 0 Å². The second-order valence-electron chi connectivity index (χ2n) is 7.14. The first-order valence-corrected chi connectivity index (χ1v) is 9.94. The third-order valence-corrected chi connectivity index (χ3v) is 4.84. The lowest BCUT2D eigenvalue weighted by molar-refractivity contribution is -0.136. The molecule has 4 rings (SSSR count). The van der Waals surface area contributed by atoms with Crippen LogP contribution in [0.4, 0.5) is 11.4 Å². The number of nitrogens with zero attached hydrogens (tertiary/aromatic N) is 1. The molecule has 0 saturated carbocycles. The molecule has 3 amide bonds. The molecule has 0 aliphatic rings. The molecule has 32 heavy (non-hydrogen) atoms. The van der Waals surface area contributed by atoms with Gasteiger partial charge in [0.25, 0.3) is 0 Å². The maximum absolute atomic E-state index is 12.2. The fraction of sp³-hybridized carbons (Fsp3) is 0.0400. The van der Waals surface area contributed by atoms with E-state index in [1.54, 1.807) is 30.5 Å². The molecule has 3 N–H and O–H groups in total. The zero-order valence-electron chi connectivity index (χ0n) is 17.3. The highest BCUT2D eigenvalue weighted by Gasteiger charge is 2.13. The normalized spacial score (nSPS) is 10.9. The Bertz CT molecular complexity index is 1310. The van der Waals surface area contributed by atoms with Crippen LogP contribution >= 0.6 is 0 Å². The lowest BCUT2D eigenvalue weighted by Gasteiger charge is -2.08. The molecule has 0 radical (unpaired) electrons. The van der Waals surface area contributed by atoms with Gasteiger partial charge in [0.05, 0.1) is 6.21 Å². The number of benzene rings is 4. The molecule has 0 aromatic heterocycles. The van der Waals surface area contributed by atoms with Gasteiger partial charge < -0.3 is 10.6 Å². The summed E-state index contributed by atoms with van der Waals surface area (Å²) in [6.45, 7) is 1.40. The number of hydrogen-bond acceptors (Lipinski definition) is 4. The van der Waals surface area contributed by atoms with E-state index in [9.17, 15) is 14.4 Å². The Kier molecular flexibility index (Phi) is 5.89. The van der Waals surface area contributed by atoms with Gasteiger partial charge in [0.2, 0.25) is 5.91 Å². The molecular formula is C25H20N4O3. The van der Waals surface area contributed by atoms with E-state index in [1.807, 2.05) is 48.5 Å². The van der Waals surface area contributed by atoms with Gasteiger partial charge in [-0.25, -0.2) is 5.43 Å². The number of rotatable bonds is 4. The van der Waals surface area contributed by atoms with E-state index in [2.05, 4.69) is 27.2 Å². The van der Waals surface area contributed by atoms with Crippen LogP contribution < -0.4 is 16.1 Å². The Morgan fingerprint density at radius 3 is 1.81 bits per heavy atom. The SMILES string of the molecule is CC(=O)Nc1ccc(NC(=O)C(=O)N/N=C/c2c3ccccc3cc3ccccc23)cc1. The van der Waals surface area contributed by atoms with Crippen molar-refractivity contribution in [2.75, 3.05) is 10.6 Å². The predicted molar refractivity (Wildman–Crippen MR) is 127 cm³/mol. The van der Waals surface area contributed by atoms with Gasteiger partial charge in [-0.2, -0.15) is 5.10 Å². The monoisotopic (exact) mass is 424 g/mol. The van der Waals surface area contributed by atoms with Crippen LogP contribution in [0.5, 0.6) is 0 Å². The van der Waals surface area contributed by atoms with E-state index in [1.165, 1.54) is 6.92 Å². The van der Waals surface area contributed by atoms with Gasteiger partial charge in [0, 0.05) is 23.9 Å². The van der Waals surface area contributed by atoms with Gasteiger partial charge in [0.1, 0.15) is 0 Å². The first-order chi connectivity index (χ1) is 15.5. The lowest BCUT2D eigenvalue weighted by atomic mass is 9.97. The predicted octanol–water partition coefficient (Wildman–Crippen LogP) is 4.04. The minimum absolute atomic E-state index is 0.196. The van der Waals surface area contributed by atoms with Crippen LogP contribution in [0.15, 0.2) is 84.0 Å². The summed E-state index contributed by atoms with van der Waals surface area (Å²) in [5.74, 6) is -1.94. The van der Waals surface area contributed by atoms with Gasteiger partial charge in [-0.15, -0.1) is 0 Å². The van der Waals surface area contributed by atoms with Gasteiger partial charge in [-0.3, -0.25) is 14.4 Å². The standard InChI is InChI=1S/C25H20N4O3/c1-16(30)27-19-10-12-20(13-11-19)28-24(31)25(32)29-26-15-23-21-8-4-2-6-17(21)14-18-7-3-5-9-22(18)23/h2-15H,1H3,(H,27,30)(H,28,31)(H,29,32)/b26-15+. The molecule has 0 fully saturated rings. The Hall–Kier alpha value is -4.52. The van der Waals surface area contributed by atoms with Crippen molar-refractivity contribution in [2.24, 2.45) is 5.10 Å². The van der Waals surface area contributed by atoms with Crippen molar-refractivity contribution in [3.8, 4) is 0 Å². The van der Waals surface area contributed by atoms with Crippen LogP contribution in [0.25, 0.3) is 21.5 Å². The van der Waals surface area contributed by atoms with Gasteiger partial charge >= 0.3 is 11.8 Å². The highest BCUT2D eigenvalue weighted by Crippen LogP contribution is 2.27. The average molecular weight is 424 g/mol. The Balaban J connectivity index is 1.48. The van der Waals surface area contributed by atoms with Gasteiger partial charge in [0.15, 0.2) is 0 Å². The molecule has 0 aliphatic heterocycles. The van der Waals surface area contributed by atoms with Gasteiger partial charge in [-0.05, 0) is 51.9 Å². The second kappa shape index (κ2) is 9.09. The summed E-state index contributed by atoms with van der Waals surface area (Å²) >= 11 is 0. The summed E-state index contributed by atoms with van der Waals surface area (Å²) in [5, 5.41) is 13.2. The van der Waals surface area contributed by atoms with Crippen molar-refractivity contribution in [3.63, 3.8) is 0 Å². The number of carbonyl (C=O) groups is 3. The number of amides is 3. The molecule has 0 bridgehead atoms. The maximum atomic E-state index is 12.2. The summed E-state index contributed by atoms with van der Waals surface area (Å²) in [6, 6.07) is 24.3. The maximum Gasteiger partial charge on any atom is 0.329 e. The Labute approximate surface area is 184 Å². The van der Waals surface area contributed by atoms with Crippen LogP contribution in [0.2, 0.25) is 0 Å². The highest BCUT2D eigenvalue weighted by atomic mass is 16.2. The fourth-order valence-electron chi connectivity index (χ4n) is 3.42. The molecule has 158 valence electrons. The van der Waals surface area contributed by atoms with Crippen molar-refractivity contribution in [3.05, 3.63) is 84.4 Å². The van der Waals surface area contributed by atoms with Crippen LogP contribution in [0, 0.1) is 0 Å². The number of hydrogen-bond donors (Lipinski definition) is 3. The van der Waals surface area contributed by atoms with E-state index >= 15 is 0 Å². The first-order valence-electron chi connectivity index (χ1n) is 9.94. The van der Waals surface area contributed by atoms with E-state index in [-0.39, 0.29) is 5.91 Å². The highest BCUT2D eigenvalue weighted by molar-refractivity contribution is 6.39. The fourth-order valence-corrected chi connectivity index (χ4v) is 3.42. The molecule has 4 aromatic rings. The van der Waals surface area contributed by atoms with Gasteiger partial charge in [-0.1, -0.05) is 48.5 Å². The van der Waals surface area contributed by atoms with Crippen LogP contribution in [0.1, 0.15) is 12.5 Å². The van der Waals surface area contributed by atoms with Crippen molar-refractivity contribution < 1.29 is 14.4 Å².